The molecule has 3 nitrogen and oxygen atoms in total. The summed E-state index contributed by atoms with van der Waals surface area (Å²) in [6, 6.07) is 0. The lowest BCUT2D eigenvalue weighted by Crippen LogP contribution is -2.49. The van der Waals surface area contributed by atoms with Gasteiger partial charge in [0.25, 0.3) is 0 Å². The zero-order valence-electron chi connectivity index (χ0n) is 12.4. The van der Waals surface area contributed by atoms with E-state index in [0.717, 1.165) is 0 Å². The van der Waals surface area contributed by atoms with Crippen LogP contribution in [0.1, 0.15) is 0 Å². The lowest BCUT2D eigenvalue weighted by Gasteiger charge is -2.29. The Balaban J connectivity index is 4.75. The molecule has 0 aromatic carbocycles. The van der Waals surface area contributed by atoms with Crippen LogP contribution in [0.15, 0.2) is 0 Å². The van der Waals surface area contributed by atoms with Crippen molar-refractivity contribution in [3.05, 3.63) is 0 Å². The first-order valence-corrected chi connectivity index (χ1v) is 14.2. The maximum atomic E-state index is 12.8. The van der Waals surface area contributed by atoms with E-state index in [0.29, 0.717) is 0 Å². The second-order valence-corrected chi connectivity index (χ2v) is 17.5. The fourth-order valence-electron chi connectivity index (χ4n) is 0.924. The summed E-state index contributed by atoms with van der Waals surface area (Å²) in [7, 11) is -4.31. The molecule has 0 spiro atoms. The Bertz CT molecular complexity index is 298. The minimum atomic E-state index is -5.63. The van der Waals surface area contributed by atoms with Crippen molar-refractivity contribution in [2.45, 2.75) is 51.4 Å². The van der Waals surface area contributed by atoms with E-state index >= 15 is 0 Å². The van der Waals surface area contributed by atoms with Crippen LogP contribution in [0.4, 0.5) is 22.0 Å². The van der Waals surface area contributed by atoms with Crippen LogP contribution in [0.3, 0.4) is 0 Å². The molecule has 0 aliphatic rings. The fraction of sp³-hybridized carbons (Fsp3) is 1.00. The summed E-state index contributed by atoms with van der Waals surface area (Å²) in [5.74, 6) is -4.90. The molecular formula is C9H20AlF5O3Si2. The van der Waals surface area contributed by atoms with Crippen molar-refractivity contribution in [1.82, 2.24) is 0 Å². The van der Waals surface area contributed by atoms with Crippen LogP contribution in [0.25, 0.3) is 0 Å². The molecule has 0 saturated carbocycles. The Morgan fingerprint density at radius 2 is 1.15 bits per heavy atom. The van der Waals surface area contributed by atoms with Gasteiger partial charge in [-0.1, -0.05) is 0 Å². The van der Waals surface area contributed by atoms with Crippen molar-refractivity contribution < 1.29 is 32.7 Å². The minimum Gasteiger partial charge on any atom is -0.499 e. The molecule has 0 bridgehead atoms. The van der Waals surface area contributed by atoms with Gasteiger partial charge >= 0.3 is 27.2 Å². The maximum Gasteiger partial charge on any atom is 0.883 e. The van der Waals surface area contributed by atoms with E-state index in [1.165, 1.54) is 0 Å². The van der Waals surface area contributed by atoms with Crippen molar-refractivity contribution in [2.75, 3.05) is 6.61 Å². The van der Waals surface area contributed by atoms with Crippen LogP contribution in [0, 0.1) is 0 Å². The molecule has 0 saturated heterocycles. The smallest absolute Gasteiger partial charge is 0.499 e. The van der Waals surface area contributed by atoms with Gasteiger partial charge in [-0.2, -0.15) is 22.0 Å². The lowest BCUT2D eigenvalue weighted by atomic mass is 10.3. The highest BCUT2D eigenvalue weighted by Crippen LogP contribution is 2.35. The fourth-order valence-corrected chi connectivity index (χ4v) is 7.06. The zero-order valence-corrected chi connectivity index (χ0v) is 15.6. The summed E-state index contributed by atoms with van der Waals surface area (Å²) in [5.41, 5.74) is 0. The van der Waals surface area contributed by atoms with Crippen molar-refractivity contribution in [3.8, 4) is 0 Å². The van der Waals surface area contributed by atoms with Crippen LogP contribution in [0.2, 0.25) is 39.3 Å². The third-order valence-corrected chi connectivity index (χ3v) is 9.35. The van der Waals surface area contributed by atoms with Crippen molar-refractivity contribution >= 4 is 31.8 Å². The average Bonchev–Trinajstić information content (AvgIpc) is 2.07. The monoisotopic (exact) mass is 354 g/mol. The highest BCUT2D eigenvalue weighted by atomic mass is 28.4. The Labute approximate surface area is 123 Å². The number of hydrogen-bond acceptors (Lipinski definition) is 3. The quantitative estimate of drug-likeness (QED) is 0.513. The normalized spacial score (nSPS) is 14.6. The van der Waals surface area contributed by atoms with E-state index in [9.17, 15) is 22.0 Å². The van der Waals surface area contributed by atoms with Gasteiger partial charge in [0.1, 0.15) is 0 Å². The summed E-state index contributed by atoms with van der Waals surface area (Å²) >= 11 is -3.01. The first kappa shape index (κ1) is 20.5. The molecule has 0 fully saturated rings. The number of halogens is 5. The molecule has 11 heteroatoms. The Morgan fingerprint density at radius 1 is 0.800 bits per heavy atom. The van der Waals surface area contributed by atoms with E-state index in [4.69, 9.17) is 6.96 Å². The molecule has 0 N–H and O–H groups in total. The summed E-state index contributed by atoms with van der Waals surface area (Å²) in [6.07, 6.45) is -5.63. The minimum absolute atomic E-state index is 1.76. The molecule has 0 heterocycles. The summed E-state index contributed by atoms with van der Waals surface area (Å²) in [4.78, 5) is 0. The van der Waals surface area contributed by atoms with Crippen molar-refractivity contribution in [2.24, 2.45) is 0 Å². The maximum absolute atomic E-state index is 12.8. The molecule has 0 atom stereocenters. The van der Waals surface area contributed by atoms with Gasteiger partial charge in [-0.25, -0.2) is 0 Å². The van der Waals surface area contributed by atoms with E-state index in [1.807, 2.05) is 0 Å². The van der Waals surface area contributed by atoms with Crippen LogP contribution < -0.4 is 0 Å². The Kier molecular flexibility index (Phi) is 6.89. The largest absolute Gasteiger partial charge is 0.883 e. The topological polar surface area (TPSA) is 27.7 Å². The third kappa shape index (κ3) is 8.71. The van der Waals surface area contributed by atoms with Gasteiger partial charge in [0.05, 0.1) is 6.61 Å². The molecule has 0 amide bonds. The second kappa shape index (κ2) is 6.72. The summed E-state index contributed by atoms with van der Waals surface area (Å²) in [6.45, 7) is 8.94. The lowest BCUT2D eigenvalue weighted by molar-refractivity contribution is -0.291. The molecule has 0 unspecified atom stereocenters. The van der Waals surface area contributed by atoms with Crippen molar-refractivity contribution in [1.29, 1.82) is 0 Å². The van der Waals surface area contributed by atoms with E-state index in [2.05, 4.69) is 3.79 Å². The van der Waals surface area contributed by atoms with E-state index < -0.39 is 50.5 Å². The first-order valence-electron chi connectivity index (χ1n) is 5.95. The highest BCUT2D eigenvalue weighted by molar-refractivity contribution is 6.79. The van der Waals surface area contributed by atoms with Gasteiger partial charge in [0.15, 0.2) is 16.6 Å². The predicted molar refractivity (Wildman–Crippen MR) is 71.6 cm³/mol. The molecule has 0 aliphatic carbocycles. The highest BCUT2D eigenvalue weighted by Gasteiger charge is 2.58. The Hall–Kier alpha value is 0.496. The van der Waals surface area contributed by atoms with Crippen LogP contribution in [-0.4, -0.2) is 50.5 Å². The average molecular weight is 354 g/mol. The molecule has 0 radical (unpaired) electrons. The van der Waals surface area contributed by atoms with Gasteiger partial charge in [-0.05, 0) is 39.3 Å². The summed E-state index contributed by atoms with van der Waals surface area (Å²) in [5, 5.41) is 0. The first-order chi connectivity index (χ1) is 8.54. The molecule has 0 aromatic heterocycles. The van der Waals surface area contributed by atoms with Crippen LogP contribution >= 0.6 is 0 Å². The zero-order chi connectivity index (χ0) is 16.4. The van der Waals surface area contributed by atoms with Gasteiger partial charge in [-0.15, -0.1) is 0 Å². The molecule has 0 aromatic rings. The molecule has 20 heavy (non-hydrogen) atoms. The predicted octanol–water partition coefficient (Wildman–Crippen LogP) is 3.89. The summed E-state index contributed by atoms with van der Waals surface area (Å²) < 4.78 is 77.6. The van der Waals surface area contributed by atoms with Gasteiger partial charge < -0.3 is 10.7 Å². The molecule has 120 valence electrons. The number of rotatable bonds is 7. The standard InChI is InChI=1S/C3H2F5O.2C3H9OSi.Al/c4-2(5,1-9)3(6,7)8;2*1-5(2,3)4;/h1H2;2*1-3H3;/q3*-1;+3. The Morgan fingerprint density at radius 3 is 1.40 bits per heavy atom. The van der Waals surface area contributed by atoms with Gasteiger partial charge in [0, 0.05) is 0 Å². The van der Waals surface area contributed by atoms with Crippen molar-refractivity contribution in [3.63, 3.8) is 0 Å². The number of hydrogen-bond donors (Lipinski definition) is 0. The van der Waals surface area contributed by atoms with Gasteiger partial charge in [0.2, 0.25) is 0 Å². The third-order valence-electron chi connectivity index (χ3n) is 1.71. The second-order valence-electron chi connectivity index (χ2n) is 6.26. The van der Waals surface area contributed by atoms with E-state index in [1.54, 1.807) is 39.3 Å². The molecule has 0 rings (SSSR count). The van der Waals surface area contributed by atoms with Crippen LogP contribution in [0.5, 0.6) is 0 Å². The van der Waals surface area contributed by atoms with E-state index in [-0.39, 0.29) is 0 Å². The number of alkyl halides is 5. The molecule has 0 aliphatic heterocycles. The SMILES string of the molecule is C[Si](C)(C)[O][Al]([O]CC(F)(F)C(F)(F)F)[O][Si](C)(C)C. The van der Waals surface area contributed by atoms with Crippen LogP contribution in [-0.2, 0) is 10.7 Å². The molecular weight excluding hydrogens is 334 g/mol. The van der Waals surface area contributed by atoms with Gasteiger partial charge in [-0.3, -0.25) is 0 Å².